The molecule has 1 amide bonds. The summed E-state index contributed by atoms with van der Waals surface area (Å²) in [5.41, 5.74) is 1.73. The second kappa shape index (κ2) is 14.1. The number of halogens is 1. The van der Waals surface area contributed by atoms with Crippen molar-refractivity contribution in [3.8, 4) is 17.2 Å². The second-order valence-electron chi connectivity index (χ2n) is 9.74. The summed E-state index contributed by atoms with van der Waals surface area (Å²) in [5, 5.41) is 20.9. The van der Waals surface area contributed by atoms with E-state index in [1.165, 1.54) is 42.2 Å². The smallest absolute Gasteiger partial charge is 0.301 e. The predicted molar refractivity (Wildman–Crippen MR) is 172 cm³/mol. The minimum absolute atomic E-state index is 0.0812. The number of thioether (sulfide) groups is 1. The first-order chi connectivity index (χ1) is 21.4. The van der Waals surface area contributed by atoms with E-state index in [9.17, 15) is 14.7 Å². The minimum Gasteiger partial charge on any atom is -0.507 e. The SMILES string of the molecule is CCCCOc1ccc(/C(O)=C2/C(=O)C(=O)N(c3nnc(SCc4ccccc4Cl)s3)C2c2ccc(OC)c(OC)c2)cc1. The van der Waals surface area contributed by atoms with Crippen LogP contribution in [0, 0.1) is 0 Å². The number of hydrogen-bond acceptors (Lipinski definition) is 10. The van der Waals surface area contributed by atoms with Crippen molar-refractivity contribution in [2.75, 3.05) is 25.7 Å². The largest absolute Gasteiger partial charge is 0.507 e. The highest BCUT2D eigenvalue weighted by Crippen LogP contribution is 2.45. The van der Waals surface area contributed by atoms with Crippen LogP contribution in [0.2, 0.25) is 5.02 Å². The fraction of sp³-hybridized carbons (Fsp3) is 0.250. The molecule has 0 saturated carbocycles. The summed E-state index contributed by atoms with van der Waals surface area (Å²) in [4.78, 5) is 28.5. The molecule has 1 N–H and O–H groups in total. The highest BCUT2D eigenvalue weighted by Gasteiger charge is 2.48. The lowest BCUT2D eigenvalue weighted by molar-refractivity contribution is -0.132. The van der Waals surface area contributed by atoms with Crippen LogP contribution in [0.1, 0.15) is 42.5 Å². The molecule has 3 aromatic carbocycles. The number of unbranched alkanes of at least 4 members (excludes halogenated alkanes) is 1. The van der Waals surface area contributed by atoms with Crippen LogP contribution < -0.4 is 19.1 Å². The van der Waals surface area contributed by atoms with Crippen molar-refractivity contribution < 1.29 is 28.9 Å². The van der Waals surface area contributed by atoms with Crippen LogP contribution >= 0.6 is 34.7 Å². The number of anilines is 1. The average Bonchev–Trinajstić information content (AvgIpc) is 3.62. The topological polar surface area (TPSA) is 111 Å². The molecule has 0 bridgehead atoms. The van der Waals surface area contributed by atoms with E-state index in [1.54, 1.807) is 42.5 Å². The Morgan fingerprint density at radius 1 is 1.02 bits per heavy atom. The van der Waals surface area contributed by atoms with Crippen LogP contribution in [-0.4, -0.2) is 47.8 Å². The molecule has 9 nitrogen and oxygen atoms in total. The number of amides is 1. The van der Waals surface area contributed by atoms with Crippen LogP contribution in [0.25, 0.3) is 5.76 Å². The molecular weight excluding hydrogens is 622 g/mol. The van der Waals surface area contributed by atoms with Gasteiger partial charge in [0.2, 0.25) is 5.13 Å². The normalized spacial score (nSPS) is 15.9. The molecule has 5 rings (SSSR count). The van der Waals surface area contributed by atoms with Gasteiger partial charge in [0.05, 0.1) is 32.4 Å². The summed E-state index contributed by atoms with van der Waals surface area (Å²) < 4.78 is 17.2. The Kier molecular flexibility index (Phi) is 10.1. The van der Waals surface area contributed by atoms with Crippen LogP contribution in [-0.2, 0) is 15.3 Å². The van der Waals surface area contributed by atoms with E-state index in [2.05, 4.69) is 17.1 Å². The molecule has 12 heteroatoms. The lowest BCUT2D eigenvalue weighted by Gasteiger charge is -2.23. The second-order valence-corrected chi connectivity index (χ2v) is 12.3. The molecule has 4 aromatic rings. The van der Waals surface area contributed by atoms with Gasteiger partial charge in [-0.2, -0.15) is 0 Å². The van der Waals surface area contributed by atoms with Crippen molar-refractivity contribution in [2.24, 2.45) is 0 Å². The molecule has 1 fully saturated rings. The molecule has 0 spiro atoms. The van der Waals surface area contributed by atoms with Gasteiger partial charge in [-0.05, 0) is 60.0 Å². The fourth-order valence-corrected chi connectivity index (χ4v) is 6.83. The first-order valence-electron chi connectivity index (χ1n) is 13.8. The van der Waals surface area contributed by atoms with Crippen LogP contribution in [0.5, 0.6) is 17.2 Å². The van der Waals surface area contributed by atoms with Gasteiger partial charge in [-0.1, -0.05) is 72.3 Å². The number of nitrogens with zero attached hydrogens (tertiary/aromatic N) is 3. The quantitative estimate of drug-likeness (QED) is 0.0421. The molecule has 44 heavy (non-hydrogen) atoms. The Hall–Kier alpha value is -4.06. The third-order valence-corrected chi connectivity index (χ3v) is 9.45. The summed E-state index contributed by atoms with van der Waals surface area (Å²) in [6.45, 7) is 2.66. The van der Waals surface area contributed by atoms with Crippen LogP contribution in [0.3, 0.4) is 0 Å². The van der Waals surface area contributed by atoms with Gasteiger partial charge in [-0.25, -0.2) is 0 Å². The summed E-state index contributed by atoms with van der Waals surface area (Å²) in [6, 6.07) is 18.3. The highest BCUT2D eigenvalue weighted by atomic mass is 35.5. The molecule has 1 aromatic heterocycles. The van der Waals surface area contributed by atoms with Crippen molar-refractivity contribution in [1.29, 1.82) is 0 Å². The Morgan fingerprint density at radius 2 is 1.77 bits per heavy atom. The number of aliphatic hydroxyl groups excluding tert-OH is 1. The number of ether oxygens (including phenoxy) is 3. The van der Waals surface area contributed by atoms with E-state index in [-0.39, 0.29) is 16.5 Å². The van der Waals surface area contributed by atoms with Gasteiger partial charge in [0.15, 0.2) is 15.8 Å². The summed E-state index contributed by atoms with van der Waals surface area (Å²) in [6.07, 6.45) is 1.92. The molecule has 1 unspecified atom stereocenters. The van der Waals surface area contributed by atoms with Gasteiger partial charge in [0, 0.05) is 16.3 Å². The zero-order valence-electron chi connectivity index (χ0n) is 24.3. The average molecular weight is 652 g/mol. The number of benzene rings is 3. The van der Waals surface area contributed by atoms with E-state index < -0.39 is 17.7 Å². The number of methoxy groups -OCH3 is 2. The van der Waals surface area contributed by atoms with Crippen molar-refractivity contribution >= 4 is 57.3 Å². The molecule has 0 radical (unpaired) electrons. The number of hydrogen-bond donors (Lipinski definition) is 1. The van der Waals surface area contributed by atoms with Crippen LogP contribution in [0.15, 0.2) is 76.6 Å². The number of ketones is 1. The van der Waals surface area contributed by atoms with E-state index >= 15 is 0 Å². The van der Waals surface area contributed by atoms with E-state index in [1.807, 2.05) is 24.3 Å². The molecule has 2 heterocycles. The summed E-state index contributed by atoms with van der Waals surface area (Å²) in [7, 11) is 3.01. The number of aromatic nitrogens is 2. The van der Waals surface area contributed by atoms with Crippen molar-refractivity contribution in [2.45, 2.75) is 35.9 Å². The van der Waals surface area contributed by atoms with Gasteiger partial charge in [-0.15, -0.1) is 10.2 Å². The Balaban J connectivity index is 1.54. The zero-order chi connectivity index (χ0) is 31.2. The Labute approximate surface area is 268 Å². The van der Waals surface area contributed by atoms with Gasteiger partial charge in [-0.3, -0.25) is 14.5 Å². The maximum atomic E-state index is 13.6. The van der Waals surface area contributed by atoms with Gasteiger partial charge >= 0.3 is 5.91 Å². The number of aliphatic hydroxyl groups is 1. The third-order valence-electron chi connectivity index (χ3n) is 6.97. The molecule has 1 atom stereocenters. The summed E-state index contributed by atoms with van der Waals surface area (Å²) >= 11 is 8.90. The Bertz CT molecular complexity index is 1690. The lowest BCUT2D eigenvalue weighted by atomic mass is 9.95. The standard InChI is InChI=1S/C32H30ClN3O6S2/c1-4-5-16-42-22-13-10-19(11-14-22)28(37)26-27(20-12-15-24(40-2)25(17-20)41-3)36(30(39)29(26)38)31-34-35-32(44-31)43-18-21-8-6-7-9-23(21)33/h6-15,17,27,37H,4-5,16,18H2,1-3H3/b28-26-. The van der Waals surface area contributed by atoms with Crippen LogP contribution in [0.4, 0.5) is 5.13 Å². The predicted octanol–water partition coefficient (Wildman–Crippen LogP) is 7.31. The molecule has 0 aliphatic carbocycles. The van der Waals surface area contributed by atoms with Crippen molar-refractivity contribution in [3.63, 3.8) is 0 Å². The molecule has 228 valence electrons. The van der Waals surface area contributed by atoms with E-state index in [0.29, 0.717) is 50.1 Å². The fourth-order valence-electron chi connectivity index (χ4n) is 4.68. The summed E-state index contributed by atoms with van der Waals surface area (Å²) in [5.74, 6) is 0.0741. The van der Waals surface area contributed by atoms with Gasteiger partial charge in [0.1, 0.15) is 11.5 Å². The maximum Gasteiger partial charge on any atom is 0.301 e. The molecule has 1 aliphatic heterocycles. The number of Topliss-reactive ketones (excluding diaryl/α,β-unsaturated/α-hetero) is 1. The lowest BCUT2D eigenvalue weighted by Crippen LogP contribution is -2.29. The van der Waals surface area contributed by atoms with Gasteiger partial charge < -0.3 is 19.3 Å². The van der Waals surface area contributed by atoms with Crippen molar-refractivity contribution in [3.05, 3.63) is 94.0 Å². The number of carbonyl (C=O) groups is 2. The van der Waals surface area contributed by atoms with E-state index in [4.69, 9.17) is 25.8 Å². The number of rotatable bonds is 12. The number of carbonyl (C=O) groups excluding carboxylic acids is 2. The van der Waals surface area contributed by atoms with Gasteiger partial charge in [0.25, 0.3) is 5.78 Å². The first-order valence-corrected chi connectivity index (χ1v) is 16.0. The molecular formula is C32H30ClN3O6S2. The minimum atomic E-state index is -1.01. The maximum absolute atomic E-state index is 13.6. The zero-order valence-corrected chi connectivity index (χ0v) is 26.7. The molecule has 1 aliphatic rings. The monoisotopic (exact) mass is 651 g/mol. The molecule has 1 saturated heterocycles. The third kappa shape index (κ3) is 6.54. The Morgan fingerprint density at radius 3 is 2.48 bits per heavy atom. The first kappa shape index (κ1) is 31.4. The van der Waals surface area contributed by atoms with Crippen molar-refractivity contribution in [1.82, 2.24) is 10.2 Å². The highest BCUT2D eigenvalue weighted by molar-refractivity contribution is 8.00. The van der Waals surface area contributed by atoms with E-state index in [0.717, 1.165) is 18.4 Å².